The van der Waals surface area contributed by atoms with E-state index in [2.05, 4.69) is 15.5 Å². The summed E-state index contributed by atoms with van der Waals surface area (Å²) in [4.78, 5) is 29.9. The lowest BCUT2D eigenvalue weighted by Crippen LogP contribution is -2.50. The van der Waals surface area contributed by atoms with Gasteiger partial charge in [0.1, 0.15) is 11.4 Å². The number of piperazine rings is 1. The number of rotatable bonds is 4. The highest BCUT2D eigenvalue weighted by molar-refractivity contribution is 5.70. The fraction of sp³-hybridized carbons (Fsp3) is 0.348. The second-order valence-corrected chi connectivity index (χ2v) is 8.83. The van der Waals surface area contributed by atoms with E-state index >= 15 is 0 Å². The molecule has 1 aromatic heterocycles. The first-order chi connectivity index (χ1) is 16.1. The Kier molecular flexibility index (Phi) is 6.29. The van der Waals surface area contributed by atoms with Crippen molar-refractivity contribution in [2.75, 3.05) is 19.6 Å². The number of amides is 1. The van der Waals surface area contributed by atoms with Gasteiger partial charge in [0.25, 0.3) is 11.6 Å². The topological polar surface area (TPSA) is 124 Å². The minimum atomic E-state index is -0.698. The predicted molar refractivity (Wildman–Crippen MR) is 120 cm³/mol. The number of benzene rings is 2. The van der Waals surface area contributed by atoms with Gasteiger partial charge >= 0.3 is 6.09 Å². The van der Waals surface area contributed by atoms with Gasteiger partial charge in [0.05, 0.1) is 22.1 Å². The van der Waals surface area contributed by atoms with E-state index in [9.17, 15) is 19.3 Å². The van der Waals surface area contributed by atoms with Crippen molar-refractivity contribution >= 4 is 11.8 Å². The van der Waals surface area contributed by atoms with E-state index in [1.807, 2.05) is 0 Å². The van der Waals surface area contributed by atoms with Crippen molar-refractivity contribution in [3.05, 3.63) is 64.0 Å². The molecule has 178 valence electrons. The fourth-order valence-corrected chi connectivity index (χ4v) is 3.73. The number of nitrogens with zero attached hydrogens (tertiary/aromatic N) is 4. The van der Waals surface area contributed by atoms with E-state index in [1.54, 1.807) is 45.0 Å². The molecule has 2 heterocycles. The molecule has 3 aromatic rings. The first-order valence-electron chi connectivity index (χ1n) is 10.7. The molecule has 1 aliphatic rings. The van der Waals surface area contributed by atoms with Gasteiger partial charge in [0.2, 0.25) is 5.82 Å². The van der Waals surface area contributed by atoms with E-state index in [0.717, 1.165) is 0 Å². The Bertz CT molecular complexity index is 1220. The van der Waals surface area contributed by atoms with Crippen molar-refractivity contribution in [1.29, 1.82) is 0 Å². The van der Waals surface area contributed by atoms with Crippen LogP contribution in [0.1, 0.15) is 32.4 Å². The van der Waals surface area contributed by atoms with Crippen molar-refractivity contribution in [3.8, 4) is 22.8 Å². The van der Waals surface area contributed by atoms with Gasteiger partial charge in [-0.15, -0.1) is 0 Å². The summed E-state index contributed by atoms with van der Waals surface area (Å²) in [5.74, 6) is -0.464. The Hall–Kier alpha value is -3.86. The van der Waals surface area contributed by atoms with Crippen LogP contribution in [0.2, 0.25) is 0 Å². The number of ether oxygens (including phenoxy) is 1. The maximum atomic E-state index is 14.1. The molecule has 4 rings (SSSR count). The molecule has 2 aromatic carbocycles. The molecule has 0 bridgehead atoms. The third-order valence-electron chi connectivity index (χ3n) is 5.25. The first-order valence-corrected chi connectivity index (χ1v) is 10.7. The summed E-state index contributed by atoms with van der Waals surface area (Å²) in [6.45, 7) is 6.51. The molecule has 1 saturated heterocycles. The van der Waals surface area contributed by atoms with Crippen LogP contribution in [0.5, 0.6) is 0 Å². The molecule has 1 aliphatic heterocycles. The van der Waals surface area contributed by atoms with E-state index in [4.69, 9.17) is 9.26 Å². The number of nitro benzene ring substituents is 1. The molecular formula is C23H24FN5O5. The maximum Gasteiger partial charge on any atom is 0.410 e. The zero-order chi connectivity index (χ0) is 24.5. The zero-order valence-corrected chi connectivity index (χ0v) is 18.9. The number of hydrogen-bond donors (Lipinski definition) is 1. The Morgan fingerprint density at radius 2 is 2.06 bits per heavy atom. The molecule has 1 N–H and O–H groups in total. The van der Waals surface area contributed by atoms with Crippen molar-refractivity contribution < 1.29 is 23.4 Å². The van der Waals surface area contributed by atoms with Crippen molar-refractivity contribution in [2.24, 2.45) is 0 Å². The minimum absolute atomic E-state index is 0.0127. The Labute approximate surface area is 194 Å². The molecule has 1 fully saturated rings. The molecule has 34 heavy (non-hydrogen) atoms. The molecule has 1 amide bonds. The summed E-state index contributed by atoms with van der Waals surface area (Å²) in [6.07, 6.45) is -0.538. The largest absolute Gasteiger partial charge is 0.444 e. The first kappa shape index (κ1) is 23.3. The summed E-state index contributed by atoms with van der Waals surface area (Å²) in [5.41, 5.74) is -0.0926. The van der Waals surface area contributed by atoms with Crippen molar-refractivity contribution in [1.82, 2.24) is 20.4 Å². The third-order valence-corrected chi connectivity index (χ3v) is 5.25. The van der Waals surface area contributed by atoms with Crippen LogP contribution < -0.4 is 5.32 Å². The van der Waals surface area contributed by atoms with Crippen LogP contribution in [0.3, 0.4) is 0 Å². The number of nitrogens with one attached hydrogen (secondary N) is 1. The summed E-state index contributed by atoms with van der Waals surface area (Å²) < 4.78 is 24.8. The molecule has 11 heteroatoms. The van der Waals surface area contributed by atoms with E-state index in [1.165, 1.54) is 23.1 Å². The number of halogens is 1. The highest BCUT2D eigenvalue weighted by Gasteiger charge is 2.35. The third kappa shape index (κ3) is 4.88. The Morgan fingerprint density at radius 1 is 1.29 bits per heavy atom. The Morgan fingerprint density at radius 3 is 2.76 bits per heavy atom. The molecule has 0 radical (unpaired) electrons. The number of aromatic nitrogens is 2. The molecule has 0 aliphatic carbocycles. The molecule has 0 saturated carbocycles. The predicted octanol–water partition coefficient (Wildman–Crippen LogP) is 4.33. The second-order valence-electron chi connectivity index (χ2n) is 8.83. The molecular weight excluding hydrogens is 445 g/mol. The zero-order valence-electron chi connectivity index (χ0n) is 18.9. The van der Waals surface area contributed by atoms with Gasteiger partial charge in [-0.2, -0.15) is 4.98 Å². The molecule has 10 nitrogen and oxygen atoms in total. The molecule has 1 unspecified atom stereocenters. The van der Waals surface area contributed by atoms with Crippen LogP contribution in [-0.4, -0.2) is 51.3 Å². The van der Waals surface area contributed by atoms with Gasteiger partial charge in [-0.25, -0.2) is 9.18 Å². The summed E-state index contributed by atoms with van der Waals surface area (Å²) in [7, 11) is 0. The SMILES string of the molecule is CC(C)(C)OC(=O)N1CCNCC1c1ccc(-c2nc(-c3ccccc3F)no2)cc1[N+](=O)[O-]. The lowest BCUT2D eigenvalue weighted by molar-refractivity contribution is -0.385. The highest BCUT2D eigenvalue weighted by atomic mass is 19.1. The summed E-state index contributed by atoms with van der Waals surface area (Å²) in [6, 6.07) is 9.85. The lowest BCUT2D eigenvalue weighted by atomic mass is 9.99. The Balaban J connectivity index is 1.68. The van der Waals surface area contributed by atoms with E-state index < -0.39 is 28.5 Å². The number of carbonyl (C=O) groups excluding carboxylic acids is 1. The van der Waals surface area contributed by atoms with Crippen molar-refractivity contribution in [2.45, 2.75) is 32.4 Å². The number of nitro groups is 1. The van der Waals surface area contributed by atoms with Crippen LogP contribution in [0, 0.1) is 15.9 Å². The quantitative estimate of drug-likeness (QED) is 0.442. The van der Waals surface area contributed by atoms with E-state index in [-0.39, 0.29) is 23.0 Å². The number of hydrogen-bond acceptors (Lipinski definition) is 8. The normalized spacial score (nSPS) is 16.4. The van der Waals surface area contributed by atoms with Gasteiger partial charge in [0.15, 0.2) is 0 Å². The van der Waals surface area contributed by atoms with Gasteiger partial charge in [-0.3, -0.25) is 15.0 Å². The minimum Gasteiger partial charge on any atom is -0.444 e. The van der Waals surface area contributed by atoms with Crippen LogP contribution in [-0.2, 0) is 4.74 Å². The standard InChI is InChI=1S/C23H24FN5O5/c1-23(2,3)33-22(30)28-11-10-25-13-19(28)16-9-8-14(12-18(16)29(31)32)21-26-20(27-34-21)15-6-4-5-7-17(15)24/h4-9,12,19,25H,10-11,13H2,1-3H3. The van der Waals surface area contributed by atoms with Gasteiger partial charge in [-0.05, 0) is 45.0 Å². The number of carbonyl (C=O) groups is 1. The average Bonchev–Trinajstić information content (AvgIpc) is 3.28. The summed E-state index contributed by atoms with van der Waals surface area (Å²) in [5, 5.41) is 18.9. The second kappa shape index (κ2) is 9.18. The van der Waals surface area contributed by atoms with Crippen LogP contribution in [0.25, 0.3) is 22.8 Å². The summed E-state index contributed by atoms with van der Waals surface area (Å²) >= 11 is 0. The molecule has 0 spiro atoms. The average molecular weight is 469 g/mol. The van der Waals surface area contributed by atoms with Crippen molar-refractivity contribution in [3.63, 3.8) is 0 Å². The van der Waals surface area contributed by atoms with Crippen LogP contribution in [0.4, 0.5) is 14.9 Å². The fourth-order valence-electron chi connectivity index (χ4n) is 3.73. The maximum absolute atomic E-state index is 14.1. The van der Waals surface area contributed by atoms with Crippen LogP contribution in [0.15, 0.2) is 47.0 Å². The van der Waals surface area contributed by atoms with Gasteiger partial charge in [-0.1, -0.05) is 17.3 Å². The smallest absolute Gasteiger partial charge is 0.410 e. The molecule has 1 atom stereocenters. The van der Waals surface area contributed by atoms with Gasteiger partial charge in [0, 0.05) is 31.3 Å². The highest BCUT2D eigenvalue weighted by Crippen LogP contribution is 2.35. The monoisotopic (exact) mass is 469 g/mol. The van der Waals surface area contributed by atoms with Crippen LogP contribution >= 0.6 is 0 Å². The van der Waals surface area contributed by atoms with E-state index in [0.29, 0.717) is 30.8 Å². The lowest BCUT2D eigenvalue weighted by Gasteiger charge is -2.37. The van der Waals surface area contributed by atoms with Gasteiger partial charge < -0.3 is 14.6 Å².